The SMILES string of the molecule is O=C(OCC(O)CCCCO)C(O)C(O)C(=O)OCC(O)CCCCO. The lowest BCUT2D eigenvalue weighted by Crippen LogP contribution is -2.43. The van der Waals surface area contributed by atoms with E-state index in [1.165, 1.54) is 0 Å². The zero-order valence-corrected chi connectivity index (χ0v) is 14.7. The Bertz CT molecular complexity index is 353. The lowest BCUT2D eigenvalue weighted by molar-refractivity contribution is -0.176. The Morgan fingerprint density at radius 2 is 1.00 bits per heavy atom. The van der Waals surface area contributed by atoms with E-state index in [-0.39, 0.29) is 26.1 Å². The van der Waals surface area contributed by atoms with Gasteiger partial charge in [-0.3, -0.25) is 0 Å². The summed E-state index contributed by atoms with van der Waals surface area (Å²) in [6.45, 7) is -0.884. The van der Waals surface area contributed by atoms with Crippen LogP contribution in [0.3, 0.4) is 0 Å². The van der Waals surface area contributed by atoms with E-state index in [0.29, 0.717) is 25.7 Å². The number of rotatable bonds is 15. The highest BCUT2D eigenvalue weighted by molar-refractivity contribution is 5.85. The maximum atomic E-state index is 11.6. The Kier molecular flexibility index (Phi) is 14.1. The molecule has 10 heteroatoms. The highest BCUT2D eigenvalue weighted by Crippen LogP contribution is 2.06. The number of esters is 2. The van der Waals surface area contributed by atoms with Crippen molar-refractivity contribution in [2.75, 3.05) is 26.4 Å². The first kappa shape index (κ1) is 24.7. The zero-order chi connectivity index (χ0) is 19.9. The Balaban J connectivity index is 4.11. The molecule has 26 heavy (non-hydrogen) atoms. The van der Waals surface area contributed by atoms with Crippen LogP contribution < -0.4 is 0 Å². The van der Waals surface area contributed by atoms with Crippen LogP contribution in [-0.4, -0.2) is 93.4 Å². The van der Waals surface area contributed by atoms with Crippen LogP contribution in [0.5, 0.6) is 0 Å². The van der Waals surface area contributed by atoms with E-state index >= 15 is 0 Å². The van der Waals surface area contributed by atoms with Crippen LogP contribution in [0, 0.1) is 0 Å². The Hall–Kier alpha value is -1.30. The average Bonchev–Trinajstić information content (AvgIpc) is 2.63. The van der Waals surface area contributed by atoms with Gasteiger partial charge in [-0.1, -0.05) is 0 Å². The van der Waals surface area contributed by atoms with E-state index in [9.17, 15) is 30.0 Å². The lowest BCUT2D eigenvalue weighted by Gasteiger charge is -2.18. The number of ether oxygens (including phenoxy) is 2. The first-order chi connectivity index (χ1) is 12.3. The van der Waals surface area contributed by atoms with Gasteiger partial charge in [0.15, 0.2) is 12.2 Å². The van der Waals surface area contributed by atoms with Crippen molar-refractivity contribution in [3.63, 3.8) is 0 Å². The molecule has 0 saturated heterocycles. The molecule has 0 aromatic heterocycles. The molecule has 0 aliphatic carbocycles. The molecule has 0 saturated carbocycles. The van der Waals surface area contributed by atoms with Crippen LogP contribution in [0.2, 0.25) is 0 Å². The van der Waals surface area contributed by atoms with Gasteiger partial charge in [0.05, 0.1) is 12.2 Å². The molecule has 0 fully saturated rings. The minimum absolute atomic E-state index is 0.0182. The van der Waals surface area contributed by atoms with Gasteiger partial charge in [0.2, 0.25) is 0 Å². The van der Waals surface area contributed by atoms with Gasteiger partial charge < -0.3 is 40.1 Å². The lowest BCUT2D eigenvalue weighted by atomic mass is 10.1. The van der Waals surface area contributed by atoms with Gasteiger partial charge in [-0.15, -0.1) is 0 Å². The second-order valence-electron chi connectivity index (χ2n) is 5.90. The second-order valence-corrected chi connectivity index (χ2v) is 5.90. The number of aliphatic hydroxyl groups excluding tert-OH is 6. The molecule has 154 valence electrons. The summed E-state index contributed by atoms with van der Waals surface area (Å²) >= 11 is 0. The van der Waals surface area contributed by atoms with Crippen molar-refractivity contribution in [2.45, 2.75) is 62.9 Å². The highest BCUT2D eigenvalue weighted by atomic mass is 16.6. The Labute approximate surface area is 152 Å². The van der Waals surface area contributed by atoms with Gasteiger partial charge >= 0.3 is 11.9 Å². The molecule has 0 aromatic rings. The molecule has 0 aliphatic heterocycles. The van der Waals surface area contributed by atoms with E-state index in [1.807, 2.05) is 0 Å². The van der Waals surface area contributed by atoms with Crippen LogP contribution in [0.15, 0.2) is 0 Å². The number of aliphatic hydroxyl groups is 6. The van der Waals surface area contributed by atoms with Gasteiger partial charge in [-0.2, -0.15) is 0 Å². The standard InChI is InChI=1S/C16H30O10/c17-7-3-1-5-11(19)9-25-15(23)13(21)14(22)16(24)26-10-12(20)6-2-4-8-18/h11-14,17-22H,1-10H2. The monoisotopic (exact) mass is 382 g/mol. The summed E-state index contributed by atoms with van der Waals surface area (Å²) < 4.78 is 9.23. The summed E-state index contributed by atoms with van der Waals surface area (Å²) in [6, 6.07) is 0. The van der Waals surface area contributed by atoms with Crippen molar-refractivity contribution in [3.8, 4) is 0 Å². The van der Waals surface area contributed by atoms with Gasteiger partial charge in [0, 0.05) is 13.2 Å². The van der Waals surface area contributed by atoms with Crippen LogP contribution in [0.4, 0.5) is 0 Å². The van der Waals surface area contributed by atoms with Crippen molar-refractivity contribution in [1.82, 2.24) is 0 Å². The smallest absolute Gasteiger partial charge is 0.338 e. The quantitative estimate of drug-likeness (QED) is 0.135. The van der Waals surface area contributed by atoms with Crippen molar-refractivity contribution < 1.29 is 49.7 Å². The molecular weight excluding hydrogens is 352 g/mol. The fraction of sp³-hybridized carbons (Fsp3) is 0.875. The number of carbonyl (C=O) groups excluding carboxylic acids is 2. The summed E-state index contributed by atoms with van der Waals surface area (Å²) in [6.07, 6.45) is -3.76. The molecule has 0 radical (unpaired) electrons. The van der Waals surface area contributed by atoms with Crippen molar-refractivity contribution in [3.05, 3.63) is 0 Å². The third kappa shape index (κ3) is 11.3. The Morgan fingerprint density at radius 3 is 1.31 bits per heavy atom. The largest absolute Gasteiger partial charge is 0.461 e. The fourth-order valence-corrected chi connectivity index (χ4v) is 1.94. The second kappa shape index (κ2) is 14.8. The third-order valence-electron chi connectivity index (χ3n) is 3.51. The molecule has 0 bridgehead atoms. The minimum Gasteiger partial charge on any atom is -0.461 e. The number of carbonyl (C=O) groups is 2. The maximum Gasteiger partial charge on any atom is 0.338 e. The summed E-state index contributed by atoms with van der Waals surface area (Å²) in [5.74, 6) is -2.58. The van der Waals surface area contributed by atoms with Crippen molar-refractivity contribution in [1.29, 1.82) is 0 Å². The third-order valence-corrected chi connectivity index (χ3v) is 3.51. The summed E-state index contributed by atoms with van der Waals surface area (Å²) in [7, 11) is 0. The van der Waals surface area contributed by atoms with E-state index in [1.54, 1.807) is 0 Å². The Morgan fingerprint density at radius 1 is 0.654 bits per heavy atom. The molecule has 0 aromatic carbocycles. The molecule has 0 aliphatic rings. The van der Waals surface area contributed by atoms with Gasteiger partial charge in [-0.05, 0) is 38.5 Å². The van der Waals surface area contributed by atoms with E-state index in [2.05, 4.69) is 9.47 Å². The molecule has 10 nitrogen and oxygen atoms in total. The molecule has 4 atom stereocenters. The average molecular weight is 382 g/mol. The van der Waals surface area contributed by atoms with E-state index in [4.69, 9.17) is 10.2 Å². The number of unbranched alkanes of at least 4 members (excludes halogenated alkanes) is 2. The molecule has 4 unspecified atom stereocenters. The summed E-state index contributed by atoms with van der Waals surface area (Å²) in [5.41, 5.74) is 0. The van der Waals surface area contributed by atoms with Gasteiger partial charge in [-0.25, -0.2) is 9.59 Å². The predicted octanol–water partition coefficient (Wildman–Crippen LogP) is -2.16. The molecule has 0 spiro atoms. The number of hydrogen-bond donors (Lipinski definition) is 6. The molecule has 0 rings (SSSR count). The molecule has 0 amide bonds. The minimum atomic E-state index is -2.18. The van der Waals surface area contributed by atoms with Gasteiger partial charge in [0.25, 0.3) is 0 Å². The van der Waals surface area contributed by atoms with Crippen LogP contribution in [0.1, 0.15) is 38.5 Å². The topological polar surface area (TPSA) is 174 Å². The summed E-state index contributed by atoms with van der Waals surface area (Å²) in [5, 5.41) is 55.5. The van der Waals surface area contributed by atoms with Crippen LogP contribution in [0.25, 0.3) is 0 Å². The molecule has 0 heterocycles. The van der Waals surface area contributed by atoms with Gasteiger partial charge in [0.1, 0.15) is 13.2 Å². The highest BCUT2D eigenvalue weighted by Gasteiger charge is 2.33. The normalized spacial score (nSPS) is 15.8. The fourth-order valence-electron chi connectivity index (χ4n) is 1.94. The van der Waals surface area contributed by atoms with E-state index in [0.717, 1.165) is 0 Å². The van der Waals surface area contributed by atoms with Crippen molar-refractivity contribution >= 4 is 11.9 Å². The summed E-state index contributed by atoms with van der Waals surface area (Å²) in [4.78, 5) is 23.1. The van der Waals surface area contributed by atoms with Crippen molar-refractivity contribution in [2.24, 2.45) is 0 Å². The predicted molar refractivity (Wildman–Crippen MR) is 87.8 cm³/mol. The first-order valence-electron chi connectivity index (χ1n) is 8.60. The first-order valence-corrected chi connectivity index (χ1v) is 8.60. The molecule has 6 N–H and O–H groups in total. The number of hydrogen-bond acceptors (Lipinski definition) is 10. The van der Waals surface area contributed by atoms with E-state index < -0.39 is 49.6 Å². The maximum absolute atomic E-state index is 11.6. The molecular formula is C16H30O10. The van der Waals surface area contributed by atoms with Crippen LogP contribution in [-0.2, 0) is 19.1 Å². The zero-order valence-electron chi connectivity index (χ0n) is 14.7. The van der Waals surface area contributed by atoms with Crippen LogP contribution >= 0.6 is 0 Å².